The molecule has 1 unspecified atom stereocenters. The van der Waals surface area contributed by atoms with E-state index in [1.54, 1.807) is 13.2 Å². The molecule has 6 nitrogen and oxygen atoms in total. The lowest BCUT2D eigenvalue weighted by Gasteiger charge is -2.52. The molecule has 1 saturated carbocycles. The van der Waals surface area contributed by atoms with Crippen LogP contribution in [0.15, 0.2) is 18.2 Å². The Labute approximate surface area is 226 Å². The highest BCUT2D eigenvalue weighted by Crippen LogP contribution is 2.37. The number of carbonyl (C=O) groups excluding carboxylic acids is 1. The molecule has 0 bridgehead atoms. The number of ether oxygens (including phenoxy) is 3. The Kier molecular flexibility index (Phi) is 11.4. The van der Waals surface area contributed by atoms with Crippen LogP contribution in [0.25, 0.3) is 0 Å². The molecule has 3 fully saturated rings. The zero-order chi connectivity index (χ0) is 27.0. The Morgan fingerprint density at radius 1 is 1.11 bits per heavy atom. The predicted molar refractivity (Wildman–Crippen MR) is 151 cm³/mol. The lowest BCUT2D eigenvalue weighted by atomic mass is 9.78. The van der Waals surface area contributed by atoms with Crippen LogP contribution in [-0.2, 0) is 9.47 Å². The normalized spacial score (nSPS) is 26.7. The van der Waals surface area contributed by atoms with E-state index in [-0.39, 0.29) is 17.8 Å². The van der Waals surface area contributed by atoms with E-state index in [2.05, 4.69) is 30.7 Å². The molecule has 1 aromatic rings. The second kappa shape index (κ2) is 14.1. The summed E-state index contributed by atoms with van der Waals surface area (Å²) in [5.74, 6) is 2.63. The van der Waals surface area contributed by atoms with Crippen LogP contribution < -0.4 is 4.74 Å². The Morgan fingerprint density at radius 2 is 1.78 bits per heavy atom. The van der Waals surface area contributed by atoms with Crippen LogP contribution in [0.1, 0.15) is 82.1 Å². The van der Waals surface area contributed by atoms with Gasteiger partial charge in [0, 0.05) is 44.9 Å². The van der Waals surface area contributed by atoms with Gasteiger partial charge in [-0.05, 0) is 102 Å². The molecule has 6 heteroatoms. The summed E-state index contributed by atoms with van der Waals surface area (Å²) < 4.78 is 17.6. The molecule has 0 amide bonds. The van der Waals surface area contributed by atoms with Gasteiger partial charge in [-0.3, -0.25) is 9.69 Å². The number of likely N-dealkylation sites (tertiary alicyclic amines) is 1. The van der Waals surface area contributed by atoms with Gasteiger partial charge in [-0.1, -0.05) is 13.8 Å². The first-order valence-electron chi connectivity index (χ1n) is 14.5. The summed E-state index contributed by atoms with van der Waals surface area (Å²) in [6, 6.07) is 6.18. The molecular weight excluding hydrogens is 464 g/mol. The van der Waals surface area contributed by atoms with E-state index < -0.39 is 0 Å². The van der Waals surface area contributed by atoms with Crippen LogP contribution in [0, 0.1) is 18.8 Å². The van der Waals surface area contributed by atoms with E-state index in [9.17, 15) is 4.79 Å². The zero-order valence-corrected chi connectivity index (χ0v) is 24.5. The van der Waals surface area contributed by atoms with Crippen molar-refractivity contribution in [3.05, 3.63) is 29.3 Å². The number of morpholine rings is 1. The summed E-state index contributed by atoms with van der Waals surface area (Å²) >= 11 is 0. The van der Waals surface area contributed by atoms with Gasteiger partial charge in [0.2, 0.25) is 0 Å². The smallest absolute Gasteiger partial charge is 0.150 e. The van der Waals surface area contributed by atoms with E-state index >= 15 is 0 Å². The lowest BCUT2D eigenvalue weighted by Crippen LogP contribution is -2.62. The number of piperidine rings is 1. The maximum absolute atomic E-state index is 10.5. The monoisotopic (exact) mass is 516 g/mol. The summed E-state index contributed by atoms with van der Waals surface area (Å²) in [5.41, 5.74) is 1.76. The molecule has 0 radical (unpaired) electrons. The molecule has 2 heterocycles. The van der Waals surface area contributed by atoms with Crippen LogP contribution in [0.3, 0.4) is 0 Å². The molecule has 2 aliphatic heterocycles. The highest BCUT2D eigenvalue weighted by molar-refractivity contribution is 5.75. The van der Waals surface area contributed by atoms with Gasteiger partial charge in [-0.15, -0.1) is 0 Å². The number of aryl methyl sites for hydroxylation is 1. The van der Waals surface area contributed by atoms with Crippen LogP contribution in [-0.4, -0.2) is 86.9 Å². The minimum absolute atomic E-state index is 0.0723. The van der Waals surface area contributed by atoms with Crippen molar-refractivity contribution in [1.82, 2.24) is 9.80 Å². The molecule has 210 valence electrons. The Hall–Kier alpha value is -1.47. The van der Waals surface area contributed by atoms with Gasteiger partial charge < -0.3 is 19.1 Å². The molecule has 1 spiro atoms. The number of carbonyl (C=O) groups is 1. The number of hydrogen-bond acceptors (Lipinski definition) is 6. The molecule has 1 atom stereocenters. The molecule has 0 aromatic heterocycles. The van der Waals surface area contributed by atoms with Crippen molar-refractivity contribution in [1.29, 1.82) is 0 Å². The largest absolute Gasteiger partial charge is 0.491 e. The SMILES string of the molecule is COCC1CN(C2CCC(C(C)C)CC2)CC2(CCN(C)CC2)O1.Cc1cc(C=O)ccc1OC(C)C. The third-order valence-electron chi connectivity index (χ3n) is 8.50. The first kappa shape index (κ1) is 30.1. The van der Waals surface area contributed by atoms with Gasteiger partial charge >= 0.3 is 0 Å². The summed E-state index contributed by atoms with van der Waals surface area (Å²) in [4.78, 5) is 15.7. The topological polar surface area (TPSA) is 51.2 Å². The molecule has 2 saturated heterocycles. The number of hydrogen-bond donors (Lipinski definition) is 0. The van der Waals surface area contributed by atoms with Crippen molar-refractivity contribution >= 4 is 6.29 Å². The Bertz CT molecular complexity index is 826. The minimum atomic E-state index is 0.0723. The van der Waals surface area contributed by atoms with Gasteiger partial charge in [0.1, 0.15) is 12.0 Å². The third kappa shape index (κ3) is 8.77. The van der Waals surface area contributed by atoms with Crippen LogP contribution in [0.5, 0.6) is 5.75 Å². The van der Waals surface area contributed by atoms with Crippen molar-refractivity contribution in [3.8, 4) is 5.75 Å². The highest BCUT2D eigenvalue weighted by Gasteiger charge is 2.44. The van der Waals surface area contributed by atoms with E-state index in [0.717, 1.165) is 68.3 Å². The zero-order valence-electron chi connectivity index (χ0n) is 24.5. The van der Waals surface area contributed by atoms with Crippen LogP contribution >= 0.6 is 0 Å². The second-order valence-corrected chi connectivity index (χ2v) is 12.2. The standard InChI is InChI=1S/C20H38N2O2.C11H14O2/c1-16(2)17-5-7-18(8-6-17)22-13-19(14-23-4)24-20(15-22)9-11-21(3)12-10-20;1-8(2)13-11-5-4-10(7-12)6-9(11)3/h16-19H,5-15H2,1-4H3;4-8H,1-3H3. The fourth-order valence-electron chi connectivity index (χ4n) is 6.24. The molecule has 37 heavy (non-hydrogen) atoms. The second-order valence-electron chi connectivity index (χ2n) is 12.2. The average Bonchev–Trinajstić information content (AvgIpc) is 2.87. The summed E-state index contributed by atoms with van der Waals surface area (Å²) in [5, 5.41) is 0. The van der Waals surface area contributed by atoms with E-state index in [4.69, 9.17) is 14.2 Å². The van der Waals surface area contributed by atoms with Crippen LogP contribution in [0.2, 0.25) is 0 Å². The highest BCUT2D eigenvalue weighted by atomic mass is 16.5. The summed E-state index contributed by atoms with van der Waals surface area (Å²) in [7, 11) is 4.03. The van der Waals surface area contributed by atoms with Gasteiger partial charge in [-0.25, -0.2) is 0 Å². The fourth-order valence-corrected chi connectivity index (χ4v) is 6.24. The molecular formula is C31H52N2O4. The molecule has 3 aliphatic rings. The maximum atomic E-state index is 10.5. The van der Waals surface area contributed by atoms with Gasteiger partial charge in [-0.2, -0.15) is 0 Å². The van der Waals surface area contributed by atoms with Crippen LogP contribution in [0.4, 0.5) is 0 Å². The Balaban J connectivity index is 0.000000248. The fraction of sp³-hybridized carbons (Fsp3) is 0.774. The number of aldehydes is 1. The van der Waals surface area contributed by atoms with Crippen molar-refractivity contribution in [2.45, 2.75) is 97.0 Å². The number of benzene rings is 1. The Morgan fingerprint density at radius 3 is 2.32 bits per heavy atom. The summed E-state index contributed by atoms with van der Waals surface area (Å²) in [6.07, 6.45) is 9.15. The number of nitrogens with zero attached hydrogens (tertiary/aromatic N) is 2. The van der Waals surface area contributed by atoms with Gasteiger partial charge in [0.05, 0.1) is 24.4 Å². The number of methoxy groups -OCH3 is 1. The van der Waals surface area contributed by atoms with Crippen molar-refractivity contribution in [3.63, 3.8) is 0 Å². The van der Waals surface area contributed by atoms with E-state index in [1.165, 1.54) is 38.5 Å². The summed E-state index contributed by atoms with van der Waals surface area (Å²) in [6.45, 7) is 15.9. The maximum Gasteiger partial charge on any atom is 0.150 e. The first-order chi connectivity index (χ1) is 17.6. The van der Waals surface area contributed by atoms with E-state index in [0.29, 0.717) is 5.56 Å². The van der Waals surface area contributed by atoms with Crippen molar-refractivity contribution in [2.75, 3.05) is 46.9 Å². The lowest BCUT2D eigenvalue weighted by molar-refractivity contribution is -0.194. The van der Waals surface area contributed by atoms with Crippen molar-refractivity contribution in [2.24, 2.45) is 11.8 Å². The minimum Gasteiger partial charge on any atom is -0.491 e. The quantitative estimate of drug-likeness (QED) is 0.439. The van der Waals surface area contributed by atoms with Gasteiger partial charge in [0.15, 0.2) is 0 Å². The molecule has 1 aromatic carbocycles. The molecule has 0 N–H and O–H groups in total. The first-order valence-corrected chi connectivity index (χ1v) is 14.5. The molecule has 4 rings (SSSR count). The average molecular weight is 517 g/mol. The van der Waals surface area contributed by atoms with Crippen molar-refractivity contribution < 1.29 is 19.0 Å². The molecule has 1 aliphatic carbocycles. The van der Waals surface area contributed by atoms with E-state index in [1.807, 2.05) is 32.9 Å². The number of rotatable bonds is 7. The third-order valence-corrected chi connectivity index (χ3v) is 8.50. The van der Waals surface area contributed by atoms with Gasteiger partial charge in [0.25, 0.3) is 0 Å². The predicted octanol–water partition coefficient (Wildman–Crippen LogP) is 5.61.